The van der Waals surface area contributed by atoms with Gasteiger partial charge in [-0.25, -0.2) is 0 Å². The monoisotopic (exact) mass is 280 g/mol. The van der Waals surface area contributed by atoms with Crippen molar-refractivity contribution in [2.24, 2.45) is 5.73 Å². The molecule has 5 heteroatoms. The van der Waals surface area contributed by atoms with E-state index in [1.54, 1.807) is 20.3 Å². The van der Waals surface area contributed by atoms with Crippen molar-refractivity contribution in [2.45, 2.75) is 38.8 Å². The van der Waals surface area contributed by atoms with Crippen molar-refractivity contribution >= 4 is 5.91 Å². The number of methoxy groups -OCH3 is 2. The smallest absolute Gasteiger partial charge is 0.237 e. The Labute approximate surface area is 120 Å². The van der Waals surface area contributed by atoms with Gasteiger partial charge in [-0.1, -0.05) is 19.8 Å². The molecule has 1 aromatic rings. The summed E-state index contributed by atoms with van der Waals surface area (Å²) in [6, 6.07) is 5.05. The summed E-state index contributed by atoms with van der Waals surface area (Å²) in [6.07, 6.45) is 2.70. The fraction of sp³-hybridized carbons (Fsp3) is 0.533. The van der Waals surface area contributed by atoms with E-state index < -0.39 is 6.04 Å². The van der Waals surface area contributed by atoms with Gasteiger partial charge in [-0.3, -0.25) is 4.79 Å². The largest absolute Gasteiger partial charge is 0.497 e. The van der Waals surface area contributed by atoms with Gasteiger partial charge in [0.25, 0.3) is 0 Å². The lowest BCUT2D eigenvalue weighted by Gasteiger charge is -2.14. The second kappa shape index (κ2) is 8.43. The van der Waals surface area contributed by atoms with E-state index in [1.807, 2.05) is 12.1 Å². The molecule has 5 nitrogen and oxygen atoms in total. The minimum absolute atomic E-state index is 0.128. The van der Waals surface area contributed by atoms with Crippen LogP contribution >= 0.6 is 0 Å². The highest BCUT2D eigenvalue weighted by Gasteiger charge is 2.13. The molecule has 0 bridgehead atoms. The van der Waals surface area contributed by atoms with Crippen LogP contribution < -0.4 is 20.5 Å². The zero-order valence-corrected chi connectivity index (χ0v) is 12.4. The van der Waals surface area contributed by atoms with Crippen molar-refractivity contribution in [2.75, 3.05) is 14.2 Å². The zero-order chi connectivity index (χ0) is 15.0. The van der Waals surface area contributed by atoms with Crippen LogP contribution in [0, 0.1) is 0 Å². The van der Waals surface area contributed by atoms with Gasteiger partial charge < -0.3 is 20.5 Å². The molecule has 1 amide bonds. The summed E-state index contributed by atoms with van der Waals surface area (Å²) >= 11 is 0. The van der Waals surface area contributed by atoms with E-state index in [9.17, 15) is 4.79 Å². The van der Waals surface area contributed by atoms with Crippen molar-refractivity contribution < 1.29 is 14.3 Å². The molecule has 112 valence electrons. The lowest BCUT2D eigenvalue weighted by Crippen LogP contribution is -2.40. The van der Waals surface area contributed by atoms with Gasteiger partial charge in [-0.15, -0.1) is 0 Å². The highest BCUT2D eigenvalue weighted by atomic mass is 16.5. The first-order valence-electron chi connectivity index (χ1n) is 6.86. The van der Waals surface area contributed by atoms with Gasteiger partial charge in [0, 0.05) is 18.2 Å². The summed E-state index contributed by atoms with van der Waals surface area (Å²) in [5.74, 6) is 1.28. The summed E-state index contributed by atoms with van der Waals surface area (Å²) in [4.78, 5) is 11.8. The number of amides is 1. The van der Waals surface area contributed by atoms with Crippen LogP contribution in [0.4, 0.5) is 0 Å². The lowest BCUT2D eigenvalue weighted by molar-refractivity contribution is -0.122. The third-order valence-corrected chi connectivity index (χ3v) is 3.15. The predicted molar refractivity (Wildman–Crippen MR) is 78.9 cm³/mol. The van der Waals surface area contributed by atoms with E-state index in [0.717, 1.165) is 24.2 Å². The molecule has 0 fully saturated rings. The molecule has 0 aliphatic rings. The number of ether oxygens (including phenoxy) is 2. The molecule has 1 rings (SSSR count). The molecule has 0 saturated heterocycles. The molecule has 1 aromatic carbocycles. The van der Waals surface area contributed by atoms with E-state index >= 15 is 0 Å². The number of hydrogen-bond donors (Lipinski definition) is 2. The number of unbranched alkanes of at least 4 members (excludes halogenated alkanes) is 1. The Hall–Kier alpha value is -1.75. The number of carbonyl (C=O) groups excluding carboxylic acids is 1. The minimum atomic E-state index is -0.445. The van der Waals surface area contributed by atoms with Crippen LogP contribution in [0.1, 0.15) is 31.7 Å². The normalized spacial score (nSPS) is 11.8. The molecule has 0 aliphatic carbocycles. The SMILES string of the molecule is CCCCC(N)C(=O)NCc1ccc(OC)cc1OC. The van der Waals surface area contributed by atoms with Crippen LogP contribution in [-0.2, 0) is 11.3 Å². The standard InChI is InChI=1S/C15H24N2O3/c1-4-5-6-13(16)15(18)17-10-11-7-8-12(19-2)9-14(11)20-3/h7-9,13H,4-6,10,16H2,1-3H3,(H,17,18). The summed E-state index contributed by atoms with van der Waals surface area (Å²) in [7, 11) is 3.19. The minimum Gasteiger partial charge on any atom is -0.497 e. The summed E-state index contributed by atoms with van der Waals surface area (Å²) in [5.41, 5.74) is 6.71. The van der Waals surface area contributed by atoms with Gasteiger partial charge in [0.05, 0.1) is 20.3 Å². The van der Waals surface area contributed by atoms with Crippen molar-refractivity contribution in [3.8, 4) is 11.5 Å². The molecule has 0 spiro atoms. The topological polar surface area (TPSA) is 73.6 Å². The predicted octanol–water partition coefficient (Wildman–Crippen LogP) is 1.84. The van der Waals surface area contributed by atoms with Gasteiger partial charge >= 0.3 is 0 Å². The van der Waals surface area contributed by atoms with Crippen molar-refractivity contribution in [3.05, 3.63) is 23.8 Å². The Morgan fingerprint density at radius 2 is 2.10 bits per heavy atom. The maximum absolute atomic E-state index is 11.8. The molecule has 0 aromatic heterocycles. The summed E-state index contributed by atoms with van der Waals surface area (Å²) in [5, 5.41) is 2.84. The molecule has 0 radical (unpaired) electrons. The molecule has 0 saturated carbocycles. The van der Waals surface area contributed by atoms with Gasteiger partial charge in [0.2, 0.25) is 5.91 Å². The lowest BCUT2D eigenvalue weighted by atomic mass is 10.1. The summed E-state index contributed by atoms with van der Waals surface area (Å²) in [6.45, 7) is 2.47. The van der Waals surface area contributed by atoms with E-state index in [1.165, 1.54) is 0 Å². The van der Waals surface area contributed by atoms with Crippen molar-refractivity contribution in [1.82, 2.24) is 5.32 Å². The van der Waals surface area contributed by atoms with Gasteiger partial charge in [-0.2, -0.15) is 0 Å². The maximum atomic E-state index is 11.8. The second-order valence-corrected chi connectivity index (χ2v) is 4.64. The molecule has 0 aliphatic heterocycles. The Morgan fingerprint density at radius 1 is 1.35 bits per heavy atom. The molecule has 1 unspecified atom stereocenters. The molecule has 20 heavy (non-hydrogen) atoms. The van der Waals surface area contributed by atoms with Crippen LogP contribution in [0.3, 0.4) is 0 Å². The highest BCUT2D eigenvalue weighted by molar-refractivity contribution is 5.81. The van der Waals surface area contributed by atoms with Crippen LogP contribution in [0.15, 0.2) is 18.2 Å². The van der Waals surface area contributed by atoms with E-state index in [-0.39, 0.29) is 5.91 Å². The maximum Gasteiger partial charge on any atom is 0.237 e. The second-order valence-electron chi connectivity index (χ2n) is 4.64. The van der Waals surface area contributed by atoms with E-state index in [0.29, 0.717) is 18.7 Å². The number of nitrogens with one attached hydrogen (secondary N) is 1. The zero-order valence-electron chi connectivity index (χ0n) is 12.4. The Morgan fingerprint density at radius 3 is 2.70 bits per heavy atom. The van der Waals surface area contributed by atoms with Gasteiger partial charge in [0.1, 0.15) is 11.5 Å². The van der Waals surface area contributed by atoms with Crippen molar-refractivity contribution in [1.29, 1.82) is 0 Å². The third-order valence-electron chi connectivity index (χ3n) is 3.15. The number of carbonyl (C=O) groups is 1. The molecular weight excluding hydrogens is 256 g/mol. The average Bonchev–Trinajstić information content (AvgIpc) is 2.49. The van der Waals surface area contributed by atoms with Crippen LogP contribution in [0.25, 0.3) is 0 Å². The Kier molecular flexibility index (Phi) is 6.87. The Bertz CT molecular complexity index is 435. The fourth-order valence-corrected chi connectivity index (χ4v) is 1.87. The fourth-order valence-electron chi connectivity index (χ4n) is 1.87. The van der Waals surface area contributed by atoms with Crippen LogP contribution in [0.2, 0.25) is 0 Å². The molecule has 0 heterocycles. The van der Waals surface area contributed by atoms with Crippen LogP contribution in [0.5, 0.6) is 11.5 Å². The quantitative estimate of drug-likeness (QED) is 0.762. The van der Waals surface area contributed by atoms with Gasteiger partial charge in [0.15, 0.2) is 0 Å². The number of benzene rings is 1. The molecular formula is C15H24N2O3. The molecule has 1 atom stereocenters. The highest BCUT2D eigenvalue weighted by Crippen LogP contribution is 2.24. The first kappa shape index (κ1) is 16.3. The third kappa shape index (κ3) is 4.74. The van der Waals surface area contributed by atoms with Crippen molar-refractivity contribution in [3.63, 3.8) is 0 Å². The first-order chi connectivity index (χ1) is 9.62. The number of nitrogens with two attached hydrogens (primary N) is 1. The average molecular weight is 280 g/mol. The number of hydrogen-bond acceptors (Lipinski definition) is 4. The number of rotatable bonds is 8. The van der Waals surface area contributed by atoms with Gasteiger partial charge in [-0.05, 0) is 18.6 Å². The Balaban J connectivity index is 2.58. The van der Waals surface area contributed by atoms with E-state index in [2.05, 4.69) is 12.2 Å². The summed E-state index contributed by atoms with van der Waals surface area (Å²) < 4.78 is 10.4. The molecule has 3 N–H and O–H groups in total. The van der Waals surface area contributed by atoms with Crippen LogP contribution in [-0.4, -0.2) is 26.2 Å². The van der Waals surface area contributed by atoms with E-state index in [4.69, 9.17) is 15.2 Å². The first-order valence-corrected chi connectivity index (χ1v) is 6.86.